The number of unbranched alkanes of at least 4 members (excludes halogenated alkanes) is 2. The third-order valence-corrected chi connectivity index (χ3v) is 5.38. The highest BCUT2D eigenvalue weighted by Gasteiger charge is 2.23. The fraction of sp³-hybridized carbons (Fsp3) is 0.333. The van der Waals surface area contributed by atoms with E-state index in [4.69, 9.17) is 15.6 Å². The highest BCUT2D eigenvalue weighted by Crippen LogP contribution is 2.26. The van der Waals surface area contributed by atoms with Crippen LogP contribution in [0.3, 0.4) is 0 Å². The SMILES string of the molecule is [2H]C(C)(C)N(Cc1ccccc1OCCCCCC(=O)O)C(=O)c1ccc(-c2ccco2)cc1F. The summed E-state index contributed by atoms with van der Waals surface area (Å²) >= 11 is 0. The number of halogens is 1. The van der Waals surface area contributed by atoms with Crippen LogP contribution in [0.4, 0.5) is 4.39 Å². The molecule has 1 aromatic heterocycles. The standard InChI is InChI=1S/C27H30FNO5/c1-19(2)29(27(32)22-14-13-20(17-23(22)28)24-11-8-16-34-24)18-21-9-5-6-10-25(21)33-15-7-3-4-12-26(30)31/h5-6,8-11,13-14,16-17,19H,3-4,7,12,15,18H2,1-2H3,(H,30,31)/i19D. The average Bonchev–Trinajstić information content (AvgIpc) is 3.34. The van der Waals surface area contributed by atoms with Crippen molar-refractivity contribution in [3.8, 4) is 17.1 Å². The summed E-state index contributed by atoms with van der Waals surface area (Å²) in [5.74, 6) is -1.04. The van der Waals surface area contributed by atoms with Gasteiger partial charge in [-0.2, -0.15) is 0 Å². The molecule has 1 heterocycles. The lowest BCUT2D eigenvalue weighted by Gasteiger charge is -2.28. The van der Waals surface area contributed by atoms with Gasteiger partial charge >= 0.3 is 5.97 Å². The van der Waals surface area contributed by atoms with Crippen molar-refractivity contribution in [1.29, 1.82) is 0 Å². The first-order chi connectivity index (χ1) is 16.7. The van der Waals surface area contributed by atoms with Crippen LogP contribution < -0.4 is 4.74 Å². The summed E-state index contributed by atoms with van der Waals surface area (Å²) in [4.78, 5) is 25.3. The normalized spacial score (nSPS) is 11.7. The number of hydrogen-bond acceptors (Lipinski definition) is 4. The van der Waals surface area contributed by atoms with Crippen LogP contribution in [0.2, 0.25) is 0 Å². The maximum atomic E-state index is 15.0. The molecule has 7 heteroatoms. The molecule has 0 aliphatic carbocycles. The van der Waals surface area contributed by atoms with Gasteiger partial charge in [0.1, 0.15) is 17.3 Å². The van der Waals surface area contributed by atoms with Crippen molar-refractivity contribution >= 4 is 11.9 Å². The molecular formula is C27H30FNO5. The number of carbonyl (C=O) groups excluding carboxylic acids is 1. The summed E-state index contributed by atoms with van der Waals surface area (Å²) in [6.07, 6.45) is 3.63. The lowest BCUT2D eigenvalue weighted by Crippen LogP contribution is -2.37. The second-order valence-corrected chi connectivity index (χ2v) is 8.17. The monoisotopic (exact) mass is 468 g/mol. The number of benzene rings is 2. The average molecular weight is 469 g/mol. The quantitative estimate of drug-likeness (QED) is 0.322. The molecule has 0 saturated carbocycles. The molecule has 0 spiro atoms. The van der Waals surface area contributed by atoms with Crippen LogP contribution in [0.15, 0.2) is 65.3 Å². The van der Waals surface area contributed by atoms with Gasteiger partial charge in [0.25, 0.3) is 5.91 Å². The van der Waals surface area contributed by atoms with Crippen molar-refractivity contribution in [3.63, 3.8) is 0 Å². The van der Waals surface area contributed by atoms with Gasteiger partial charge in [-0.05, 0) is 63.4 Å². The van der Waals surface area contributed by atoms with Crippen LogP contribution >= 0.6 is 0 Å². The number of para-hydroxylation sites is 1. The molecule has 3 rings (SSSR count). The molecule has 2 aromatic carbocycles. The van der Waals surface area contributed by atoms with E-state index < -0.39 is 23.7 Å². The van der Waals surface area contributed by atoms with E-state index in [9.17, 15) is 14.0 Å². The number of carboxylic acid groups (broad SMARTS) is 1. The van der Waals surface area contributed by atoms with Gasteiger partial charge in [-0.25, -0.2) is 4.39 Å². The Morgan fingerprint density at radius 2 is 1.91 bits per heavy atom. The number of rotatable bonds is 12. The first-order valence-electron chi connectivity index (χ1n) is 11.7. The predicted molar refractivity (Wildman–Crippen MR) is 127 cm³/mol. The van der Waals surface area contributed by atoms with Crippen molar-refractivity contribution in [1.82, 2.24) is 4.90 Å². The number of furan rings is 1. The van der Waals surface area contributed by atoms with E-state index in [0.717, 1.165) is 6.42 Å². The van der Waals surface area contributed by atoms with Crippen LogP contribution in [0, 0.1) is 5.82 Å². The topological polar surface area (TPSA) is 80.0 Å². The minimum Gasteiger partial charge on any atom is -0.493 e. The number of hydrogen-bond donors (Lipinski definition) is 1. The number of ether oxygens (including phenoxy) is 1. The van der Waals surface area contributed by atoms with E-state index in [2.05, 4.69) is 0 Å². The van der Waals surface area contributed by atoms with E-state index in [1.54, 1.807) is 38.1 Å². The Bertz CT molecular complexity index is 1140. The summed E-state index contributed by atoms with van der Waals surface area (Å²) in [6.45, 7) is 3.61. The molecule has 1 N–H and O–H groups in total. The molecule has 1 amide bonds. The van der Waals surface area contributed by atoms with Gasteiger partial charge in [0, 0.05) is 30.1 Å². The molecule has 0 radical (unpaired) electrons. The summed E-state index contributed by atoms with van der Waals surface area (Å²) in [7, 11) is 0. The fourth-order valence-corrected chi connectivity index (χ4v) is 3.55. The molecule has 0 aliphatic heterocycles. The fourth-order valence-electron chi connectivity index (χ4n) is 3.55. The van der Waals surface area contributed by atoms with Gasteiger partial charge in [-0.3, -0.25) is 9.59 Å². The first-order valence-corrected chi connectivity index (χ1v) is 11.2. The van der Waals surface area contributed by atoms with Crippen LogP contribution in [0.25, 0.3) is 11.3 Å². The molecule has 0 bridgehead atoms. The van der Waals surface area contributed by atoms with E-state index in [1.165, 1.54) is 23.3 Å². The highest BCUT2D eigenvalue weighted by atomic mass is 19.1. The number of carboxylic acids is 1. The molecule has 6 nitrogen and oxygen atoms in total. The molecule has 0 saturated heterocycles. The van der Waals surface area contributed by atoms with Crippen molar-refractivity contribution in [3.05, 3.63) is 77.8 Å². The second kappa shape index (κ2) is 12.0. The van der Waals surface area contributed by atoms with E-state index in [1.807, 2.05) is 18.2 Å². The summed E-state index contributed by atoms with van der Waals surface area (Å²) in [5, 5.41) is 8.73. The molecule has 34 heavy (non-hydrogen) atoms. The predicted octanol–water partition coefficient (Wildman–Crippen LogP) is 6.16. The van der Waals surface area contributed by atoms with E-state index in [-0.39, 0.29) is 18.5 Å². The number of aliphatic carboxylic acids is 1. The Hall–Kier alpha value is -3.61. The molecule has 3 aromatic rings. The van der Waals surface area contributed by atoms with Gasteiger partial charge in [0.05, 0.1) is 19.8 Å². The Balaban J connectivity index is 1.74. The van der Waals surface area contributed by atoms with Crippen LogP contribution in [0.5, 0.6) is 5.75 Å². The first kappa shape index (κ1) is 23.5. The molecule has 0 unspecified atom stereocenters. The molecule has 180 valence electrons. The second-order valence-electron chi connectivity index (χ2n) is 8.17. The minimum atomic E-state index is -1.33. The zero-order chi connectivity index (χ0) is 25.4. The maximum Gasteiger partial charge on any atom is 0.303 e. The largest absolute Gasteiger partial charge is 0.493 e. The third-order valence-electron chi connectivity index (χ3n) is 5.38. The van der Waals surface area contributed by atoms with Crippen molar-refractivity contribution in [2.45, 2.75) is 52.1 Å². The van der Waals surface area contributed by atoms with Gasteiger partial charge < -0.3 is 19.2 Å². The van der Waals surface area contributed by atoms with Crippen molar-refractivity contribution < 1.29 is 29.6 Å². The van der Waals surface area contributed by atoms with E-state index in [0.29, 0.717) is 42.1 Å². The molecule has 0 fully saturated rings. The van der Waals surface area contributed by atoms with Crippen LogP contribution in [-0.4, -0.2) is 34.5 Å². The molecular weight excluding hydrogens is 437 g/mol. The molecule has 0 atom stereocenters. The third kappa shape index (κ3) is 6.70. The summed E-state index contributed by atoms with van der Waals surface area (Å²) < 4.78 is 34.7. The Kier molecular flexibility index (Phi) is 8.32. The van der Waals surface area contributed by atoms with E-state index >= 15 is 0 Å². The summed E-state index contributed by atoms with van der Waals surface area (Å²) in [6, 6.07) is 13.6. The van der Waals surface area contributed by atoms with Gasteiger partial charge in [0.15, 0.2) is 0 Å². The molecule has 0 aliphatic rings. The zero-order valence-electron chi connectivity index (χ0n) is 20.4. The van der Waals surface area contributed by atoms with Gasteiger partial charge in [0.2, 0.25) is 0 Å². The lowest BCUT2D eigenvalue weighted by atomic mass is 10.1. The van der Waals surface area contributed by atoms with Crippen LogP contribution in [-0.2, 0) is 11.3 Å². The van der Waals surface area contributed by atoms with Crippen molar-refractivity contribution in [2.75, 3.05) is 6.61 Å². The summed E-state index contributed by atoms with van der Waals surface area (Å²) in [5.41, 5.74) is 1.08. The minimum absolute atomic E-state index is 0.0594. The smallest absolute Gasteiger partial charge is 0.303 e. The number of nitrogens with zero attached hydrogens (tertiary/aromatic N) is 1. The van der Waals surface area contributed by atoms with Gasteiger partial charge in [-0.1, -0.05) is 24.3 Å². The number of amides is 1. The number of carbonyl (C=O) groups is 2. The Morgan fingerprint density at radius 3 is 2.59 bits per heavy atom. The Labute approximate surface area is 200 Å². The highest BCUT2D eigenvalue weighted by molar-refractivity contribution is 5.95. The van der Waals surface area contributed by atoms with Crippen molar-refractivity contribution in [2.24, 2.45) is 0 Å². The van der Waals surface area contributed by atoms with Crippen LogP contribution in [0.1, 0.15) is 56.8 Å². The van der Waals surface area contributed by atoms with Gasteiger partial charge in [-0.15, -0.1) is 0 Å². The Morgan fingerprint density at radius 1 is 1.12 bits per heavy atom. The maximum absolute atomic E-state index is 15.0. The lowest BCUT2D eigenvalue weighted by molar-refractivity contribution is -0.137. The zero-order valence-corrected chi connectivity index (χ0v) is 19.4.